The molecule has 0 fully saturated rings. The summed E-state index contributed by atoms with van der Waals surface area (Å²) >= 11 is 0. The Morgan fingerprint density at radius 2 is 2.00 bits per heavy atom. The average molecular weight is 129 g/mol. The van der Waals surface area contributed by atoms with Crippen LogP contribution in [0.3, 0.4) is 0 Å². The average Bonchev–Trinajstić information content (AvgIpc) is 1.90. The Morgan fingerprint density at radius 1 is 1.56 bits per heavy atom. The van der Waals surface area contributed by atoms with Gasteiger partial charge < -0.3 is 16.4 Å². The van der Waals surface area contributed by atoms with Gasteiger partial charge in [-0.25, -0.2) is 0 Å². The van der Waals surface area contributed by atoms with Crippen LogP contribution in [0.5, 0.6) is 0 Å². The zero-order chi connectivity index (χ0) is 7.28. The maximum atomic E-state index is 10.6. The summed E-state index contributed by atoms with van der Waals surface area (Å²) in [5.74, 6) is -0.236. The van der Waals surface area contributed by atoms with Crippen LogP contribution in [0.4, 0.5) is 0 Å². The van der Waals surface area contributed by atoms with Gasteiger partial charge in [-0.2, -0.15) is 0 Å². The summed E-state index contributed by atoms with van der Waals surface area (Å²) in [5.41, 5.74) is 10.3. The standard InChI is InChI=1S/C5H11N3O/c1-2-5(9)8(3-6)4-7/h2H,1,3-4,6-7H2. The molecule has 52 valence electrons. The first-order valence-electron chi connectivity index (χ1n) is 2.57. The van der Waals surface area contributed by atoms with E-state index in [1.807, 2.05) is 0 Å². The second kappa shape index (κ2) is 4.05. The highest BCUT2D eigenvalue weighted by Gasteiger charge is 2.02. The number of hydrogen-bond donors (Lipinski definition) is 2. The molecule has 0 aliphatic heterocycles. The summed E-state index contributed by atoms with van der Waals surface area (Å²) < 4.78 is 0. The highest BCUT2D eigenvalue weighted by atomic mass is 16.2. The predicted octanol–water partition coefficient (Wildman–Crippen LogP) is -1.17. The minimum atomic E-state index is -0.236. The first-order valence-corrected chi connectivity index (χ1v) is 2.57. The van der Waals surface area contributed by atoms with Gasteiger partial charge >= 0.3 is 0 Å². The lowest BCUT2D eigenvalue weighted by Crippen LogP contribution is -2.38. The monoisotopic (exact) mass is 129 g/mol. The van der Waals surface area contributed by atoms with Crippen molar-refractivity contribution in [3.05, 3.63) is 12.7 Å². The van der Waals surface area contributed by atoms with Gasteiger partial charge in [0.25, 0.3) is 0 Å². The number of carbonyl (C=O) groups is 1. The van der Waals surface area contributed by atoms with Crippen LogP contribution >= 0.6 is 0 Å². The Kier molecular flexibility index (Phi) is 3.66. The number of hydrogen-bond acceptors (Lipinski definition) is 3. The lowest BCUT2D eigenvalue weighted by atomic mass is 10.5. The summed E-state index contributed by atoms with van der Waals surface area (Å²) in [6.45, 7) is 3.56. The van der Waals surface area contributed by atoms with Crippen LogP contribution < -0.4 is 11.5 Å². The summed E-state index contributed by atoms with van der Waals surface area (Å²) in [5, 5.41) is 0. The normalized spacial score (nSPS) is 8.67. The highest BCUT2D eigenvalue weighted by molar-refractivity contribution is 5.86. The Balaban J connectivity index is 3.78. The molecule has 0 radical (unpaired) electrons. The Labute approximate surface area is 54.1 Å². The third kappa shape index (κ3) is 2.25. The largest absolute Gasteiger partial charge is 0.314 e. The molecule has 0 spiro atoms. The molecule has 0 saturated carbocycles. The number of rotatable bonds is 3. The third-order valence-electron chi connectivity index (χ3n) is 0.927. The fourth-order valence-electron chi connectivity index (χ4n) is 0.384. The molecule has 0 saturated heterocycles. The number of nitrogens with two attached hydrogens (primary N) is 2. The van der Waals surface area contributed by atoms with E-state index < -0.39 is 0 Å². The van der Waals surface area contributed by atoms with Crippen molar-refractivity contribution in [3.8, 4) is 0 Å². The van der Waals surface area contributed by atoms with Gasteiger partial charge in [0.05, 0.1) is 13.3 Å². The van der Waals surface area contributed by atoms with E-state index in [2.05, 4.69) is 6.58 Å². The number of amides is 1. The fourth-order valence-corrected chi connectivity index (χ4v) is 0.384. The minimum absolute atomic E-state index is 0.140. The van der Waals surface area contributed by atoms with Crippen molar-refractivity contribution in [3.63, 3.8) is 0 Å². The third-order valence-corrected chi connectivity index (χ3v) is 0.927. The zero-order valence-corrected chi connectivity index (χ0v) is 5.21. The molecule has 4 nitrogen and oxygen atoms in total. The quantitative estimate of drug-likeness (QED) is 0.372. The highest BCUT2D eigenvalue weighted by Crippen LogP contribution is 1.81. The Hall–Kier alpha value is -0.870. The first kappa shape index (κ1) is 8.13. The van der Waals surface area contributed by atoms with Gasteiger partial charge in [-0.15, -0.1) is 0 Å². The van der Waals surface area contributed by atoms with Gasteiger partial charge in [-0.1, -0.05) is 6.58 Å². The second-order valence-electron chi connectivity index (χ2n) is 1.45. The SMILES string of the molecule is C=CC(=O)N(CN)CN. The maximum absolute atomic E-state index is 10.6. The lowest BCUT2D eigenvalue weighted by molar-refractivity contribution is -0.125. The van der Waals surface area contributed by atoms with Gasteiger partial charge in [0, 0.05) is 0 Å². The summed E-state index contributed by atoms with van der Waals surface area (Å²) in [7, 11) is 0. The van der Waals surface area contributed by atoms with E-state index in [1.54, 1.807) is 0 Å². The molecule has 0 aromatic heterocycles. The molecular formula is C5H11N3O. The summed E-state index contributed by atoms with van der Waals surface area (Å²) in [6, 6.07) is 0. The van der Waals surface area contributed by atoms with Crippen molar-refractivity contribution in [1.29, 1.82) is 0 Å². The van der Waals surface area contributed by atoms with E-state index >= 15 is 0 Å². The van der Waals surface area contributed by atoms with Crippen LogP contribution in [0.15, 0.2) is 12.7 Å². The number of carbonyl (C=O) groups excluding carboxylic acids is 1. The van der Waals surface area contributed by atoms with Crippen LogP contribution in [-0.2, 0) is 4.79 Å². The fraction of sp³-hybridized carbons (Fsp3) is 0.400. The molecule has 0 bridgehead atoms. The Bertz CT molecular complexity index is 109. The molecule has 0 atom stereocenters. The maximum Gasteiger partial charge on any atom is 0.248 e. The van der Waals surface area contributed by atoms with Crippen molar-refractivity contribution in [2.45, 2.75) is 0 Å². The number of nitrogens with zero attached hydrogens (tertiary/aromatic N) is 1. The molecule has 0 aromatic carbocycles. The molecule has 0 unspecified atom stereocenters. The van der Waals surface area contributed by atoms with Crippen molar-refractivity contribution >= 4 is 5.91 Å². The van der Waals surface area contributed by atoms with Crippen LogP contribution in [0, 0.1) is 0 Å². The molecule has 4 N–H and O–H groups in total. The molecule has 0 aromatic rings. The molecule has 0 aliphatic carbocycles. The lowest BCUT2D eigenvalue weighted by Gasteiger charge is -2.14. The zero-order valence-electron chi connectivity index (χ0n) is 5.21. The molecule has 1 amide bonds. The van der Waals surface area contributed by atoms with Crippen LogP contribution in [0.25, 0.3) is 0 Å². The molecular weight excluding hydrogens is 118 g/mol. The van der Waals surface area contributed by atoms with E-state index in [-0.39, 0.29) is 19.2 Å². The minimum Gasteiger partial charge on any atom is -0.314 e. The topological polar surface area (TPSA) is 72.3 Å². The van der Waals surface area contributed by atoms with E-state index in [0.717, 1.165) is 0 Å². The van der Waals surface area contributed by atoms with E-state index in [1.165, 1.54) is 11.0 Å². The summed E-state index contributed by atoms with van der Waals surface area (Å²) in [6.07, 6.45) is 1.18. The van der Waals surface area contributed by atoms with Gasteiger partial charge in [0.1, 0.15) is 0 Å². The van der Waals surface area contributed by atoms with Crippen LogP contribution in [0.2, 0.25) is 0 Å². The van der Waals surface area contributed by atoms with Crippen molar-refractivity contribution in [2.75, 3.05) is 13.3 Å². The van der Waals surface area contributed by atoms with Crippen molar-refractivity contribution in [1.82, 2.24) is 4.90 Å². The molecule has 0 aliphatic rings. The van der Waals surface area contributed by atoms with Gasteiger partial charge in [-0.05, 0) is 6.08 Å². The molecule has 0 rings (SSSR count). The van der Waals surface area contributed by atoms with Crippen molar-refractivity contribution < 1.29 is 4.79 Å². The second-order valence-corrected chi connectivity index (χ2v) is 1.45. The van der Waals surface area contributed by atoms with Gasteiger partial charge in [0.2, 0.25) is 5.91 Å². The molecule has 4 heteroatoms. The van der Waals surface area contributed by atoms with Gasteiger partial charge in [-0.3, -0.25) is 4.79 Å². The molecule has 9 heavy (non-hydrogen) atoms. The van der Waals surface area contributed by atoms with Crippen molar-refractivity contribution in [2.24, 2.45) is 11.5 Å². The first-order chi connectivity index (χ1) is 4.26. The predicted molar refractivity (Wildman–Crippen MR) is 35.2 cm³/mol. The summed E-state index contributed by atoms with van der Waals surface area (Å²) in [4.78, 5) is 11.9. The van der Waals surface area contributed by atoms with Gasteiger partial charge in [0.15, 0.2) is 0 Å². The van der Waals surface area contributed by atoms with E-state index in [4.69, 9.17) is 11.5 Å². The van der Waals surface area contributed by atoms with Crippen LogP contribution in [-0.4, -0.2) is 24.1 Å². The smallest absolute Gasteiger partial charge is 0.248 e. The van der Waals surface area contributed by atoms with E-state index in [9.17, 15) is 4.79 Å². The van der Waals surface area contributed by atoms with Crippen LogP contribution in [0.1, 0.15) is 0 Å². The Morgan fingerprint density at radius 3 is 2.11 bits per heavy atom. The van der Waals surface area contributed by atoms with E-state index in [0.29, 0.717) is 0 Å². The molecule has 0 heterocycles.